The minimum absolute atomic E-state index is 0.00587. The molecule has 0 amide bonds. The van der Waals surface area contributed by atoms with Crippen LogP contribution in [0.25, 0.3) is 0 Å². The molecule has 0 aliphatic carbocycles. The molecular formula is C16H23NO4. The second kappa shape index (κ2) is 6.70. The van der Waals surface area contributed by atoms with Crippen molar-refractivity contribution in [1.29, 1.82) is 0 Å². The summed E-state index contributed by atoms with van der Waals surface area (Å²) in [6.45, 7) is 7.97. The molecule has 2 unspecified atom stereocenters. The van der Waals surface area contributed by atoms with Gasteiger partial charge in [-0.3, -0.25) is 14.9 Å². The van der Waals surface area contributed by atoms with E-state index >= 15 is 0 Å². The summed E-state index contributed by atoms with van der Waals surface area (Å²) in [5, 5.41) is 20.2. The van der Waals surface area contributed by atoms with Crippen molar-refractivity contribution in [3.8, 4) is 0 Å². The number of rotatable bonds is 6. The van der Waals surface area contributed by atoms with Gasteiger partial charge in [0.2, 0.25) is 6.04 Å². The van der Waals surface area contributed by atoms with Crippen molar-refractivity contribution < 1.29 is 14.8 Å². The van der Waals surface area contributed by atoms with Crippen LogP contribution in [0.2, 0.25) is 0 Å². The Balaban J connectivity index is 3.14. The molecule has 116 valence electrons. The van der Waals surface area contributed by atoms with Crippen LogP contribution in [-0.2, 0) is 10.2 Å². The molecule has 1 rings (SSSR count). The first-order valence-corrected chi connectivity index (χ1v) is 7.12. The van der Waals surface area contributed by atoms with Crippen molar-refractivity contribution in [2.75, 3.05) is 0 Å². The van der Waals surface area contributed by atoms with Crippen molar-refractivity contribution in [3.63, 3.8) is 0 Å². The molecule has 5 nitrogen and oxygen atoms in total. The van der Waals surface area contributed by atoms with Gasteiger partial charge in [-0.2, -0.15) is 0 Å². The Morgan fingerprint density at radius 1 is 1.29 bits per heavy atom. The van der Waals surface area contributed by atoms with E-state index in [0.717, 1.165) is 5.56 Å². The fourth-order valence-corrected chi connectivity index (χ4v) is 2.47. The number of aliphatic carboxylic acids is 1. The second-order valence-corrected chi connectivity index (χ2v) is 6.34. The molecule has 2 atom stereocenters. The smallest absolute Gasteiger partial charge is 0.304 e. The van der Waals surface area contributed by atoms with Crippen molar-refractivity contribution in [2.24, 2.45) is 0 Å². The van der Waals surface area contributed by atoms with Gasteiger partial charge in [0.1, 0.15) is 0 Å². The molecule has 1 N–H and O–H groups in total. The number of hydrogen-bond donors (Lipinski definition) is 1. The van der Waals surface area contributed by atoms with Crippen LogP contribution >= 0.6 is 0 Å². The average Bonchev–Trinajstić information content (AvgIpc) is 2.36. The van der Waals surface area contributed by atoms with Gasteiger partial charge in [-0.05, 0) is 16.5 Å². The van der Waals surface area contributed by atoms with Crippen molar-refractivity contribution in [3.05, 3.63) is 45.5 Å². The van der Waals surface area contributed by atoms with Crippen LogP contribution in [-0.4, -0.2) is 22.0 Å². The van der Waals surface area contributed by atoms with Gasteiger partial charge in [0.25, 0.3) is 0 Å². The highest BCUT2D eigenvalue weighted by Gasteiger charge is 2.33. The van der Waals surface area contributed by atoms with Gasteiger partial charge in [0, 0.05) is 11.3 Å². The van der Waals surface area contributed by atoms with E-state index in [2.05, 4.69) is 20.8 Å². The Hall–Kier alpha value is -1.91. The molecule has 0 aliphatic heterocycles. The summed E-state index contributed by atoms with van der Waals surface area (Å²) in [7, 11) is 0. The van der Waals surface area contributed by atoms with Crippen LogP contribution in [0, 0.1) is 10.1 Å². The third-order valence-corrected chi connectivity index (χ3v) is 3.75. The van der Waals surface area contributed by atoms with E-state index in [9.17, 15) is 14.9 Å². The standard InChI is InChI=1S/C16H23NO4/c1-5-14(17(20)21)13(10-15(18)19)11-6-8-12(9-7-11)16(2,3)4/h6-9,13-14H,5,10H2,1-4H3,(H,18,19). The highest BCUT2D eigenvalue weighted by Crippen LogP contribution is 2.30. The Morgan fingerprint density at radius 3 is 2.14 bits per heavy atom. The van der Waals surface area contributed by atoms with Crippen LogP contribution in [0.1, 0.15) is 57.6 Å². The van der Waals surface area contributed by atoms with Crippen molar-refractivity contribution in [1.82, 2.24) is 0 Å². The zero-order valence-corrected chi connectivity index (χ0v) is 13.0. The molecule has 0 spiro atoms. The summed E-state index contributed by atoms with van der Waals surface area (Å²) in [4.78, 5) is 21.8. The summed E-state index contributed by atoms with van der Waals surface area (Å²) in [6.07, 6.45) is 0.0837. The third-order valence-electron chi connectivity index (χ3n) is 3.75. The van der Waals surface area contributed by atoms with E-state index < -0.39 is 17.9 Å². The highest BCUT2D eigenvalue weighted by molar-refractivity contribution is 5.68. The number of carboxylic acid groups (broad SMARTS) is 1. The minimum Gasteiger partial charge on any atom is -0.481 e. The number of hydrogen-bond acceptors (Lipinski definition) is 3. The first kappa shape index (κ1) is 17.1. The third kappa shape index (κ3) is 4.55. The van der Waals surface area contributed by atoms with Gasteiger partial charge in [0.15, 0.2) is 0 Å². The first-order chi connectivity index (χ1) is 9.66. The molecule has 1 aromatic carbocycles. The van der Waals surface area contributed by atoms with E-state index in [1.807, 2.05) is 24.3 Å². The number of benzene rings is 1. The van der Waals surface area contributed by atoms with Gasteiger partial charge in [-0.15, -0.1) is 0 Å². The lowest BCUT2D eigenvalue weighted by atomic mass is 9.83. The molecule has 0 aliphatic rings. The second-order valence-electron chi connectivity index (χ2n) is 6.34. The van der Waals surface area contributed by atoms with E-state index in [-0.39, 0.29) is 16.8 Å². The van der Waals surface area contributed by atoms with Gasteiger partial charge in [-0.25, -0.2) is 0 Å². The molecular weight excluding hydrogens is 270 g/mol. The topological polar surface area (TPSA) is 80.4 Å². The Morgan fingerprint density at radius 2 is 1.81 bits per heavy atom. The molecule has 0 fully saturated rings. The number of carboxylic acids is 1. The summed E-state index contributed by atoms with van der Waals surface area (Å²) in [5.41, 5.74) is 1.83. The van der Waals surface area contributed by atoms with Crippen molar-refractivity contribution in [2.45, 2.75) is 57.9 Å². The van der Waals surface area contributed by atoms with Gasteiger partial charge in [0.05, 0.1) is 12.3 Å². The summed E-state index contributed by atoms with van der Waals surface area (Å²) >= 11 is 0. The fraction of sp³-hybridized carbons (Fsp3) is 0.562. The zero-order valence-electron chi connectivity index (χ0n) is 13.0. The lowest BCUT2D eigenvalue weighted by Crippen LogP contribution is -2.28. The fourth-order valence-electron chi connectivity index (χ4n) is 2.47. The summed E-state index contributed by atoms with van der Waals surface area (Å²) < 4.78 is 0. The molecule has 21 heavy (non-hydrogen) atoms. The van der Waals surface area contributed by atoms with E-state index in [1.165, 1.54) is 0 Å². The molecule has 1 aromatic rings. The molecule has 0 bridgehead atoms. The maximum Gasteiger partial charge on any atom is 0.304 e. The van der Waals surface area contributed by atoms with Crippen LogP contribution in [0.5, 0.6) is 0 Å². The van der Waals surface area contributed by atoms with E-state index in [1.54, 1.807) is 6.92 Å². The van der Waals surface area contributed by atoms with E-state index in [0.29, 0.717) is 12.0 Å². The maximum absolute atomic E-state index is 11.2. The first-order valence-electron chi connectivity index (χ1n) is 7.12. The maximum atomic E-state index is 11.2. The van der Waals surface area contributed by atoms with Crippen LogP contribution in [0.3, 0.4) is 0 Å². The highest BCUT2D eigenvalue weighted by atomic mass is 16.6. The molecule has 0 heterocycles. The lowest BCUT2D eigenvalue weighted by molar-refractivity contribution is -0.527. The van der Waals surface area contributed by atoms with Crippen LogP contribution < -0.4 is 0 Å². The average molecular weight is 293 g/mol. The Kier molecular flexibility index (Phi) is 5.47. The molecule has 5 heteroatoms. The SMILES string of the molecule is CCC(C(CC(=O)O)c1ccc(C(C)(C)C)cc1)[N+](=O)[O-]. The van der Waals surface area contributed by atoms with Crippen LogP contribution in [0.15, 0.2) is 24.3 Å². The Bertz CT molecular complexity index is 502. The van der Waals surface area contributed by atoms with Gasteiger partial charge < -0.3 is 5.11 Å². The zero-order chi connectivity index (χ0) is 16.2. The summed E-state index contributed by atoms with van der Waals surface area (Å²) in [5.74, 6) is -1.61. The summed E-state index contributed by atoms with van der Waals surface area (Å²) in [6, 6.07) is 6.62. The van der Waals surface area contributed by atoms with Gasteiger partial charge >= 0.3 is 5.97 Å². The van der Waals surface area contributed by atoms with E-state index in [4.69, 9.17) is 5.11 Å². The van der Waals surface area contributed by atoms with Gasteiger partial charge in [-0.1, -0.05) is 52.0 Å². The molecule has 0 saturated carbocycles. The minimum atomic E-state index is -1.01. The number of nitro groups is 1. The number of carbonyl (C=O) groups is 1. The normalized spacial score (nSPS) is 14.5. The number of nitrogens with zero attached hydrogens (tertiary/aromatic N) is 1. The Labute approximate surface area is 125 Å². The van der Waals surface area contributed by atoms with Crippen molar-refractivity contribution >= 4 is 5.97 Å². The predicted molar refractivity (Wildman–Crippen MR) is 81.2 cm³/mol. The quantitative estimate of drug-likeness (QED) is 0.642. The molecule has 0 aromatic heterocycles. The lowest BCUT2D eigenvalue weighted by Gasteiger charge is -2.22. The predicted octanol–water partition coefficient (Wildman–Crippen LogP) is 3.60. The van der Waals surface area contributed by atoms with Crippen LogP contribution in [0.4, 0.5) is 0 Å². The monoisotopic (exact) mass is 293 g/mol. The largest absolute Gasteiger partial charge is 0.481 e. The molecule has 0 radical (unpaired) electrons. The molecule has 0 saturated heterocycles.